The highest BCUT2D eigenvalue weighted by Gasteiger charge is 2.07. The van der Waals surface area contributed by atoms with Gasteiger partial charge in [0.1, 0.15) is 5.82 Å². The predicted molar refractivity (Wildman–Crippen MR) is 71.6 cm³/mol. The van der Waals surface area contributed by atoms with Crippen molar-refractivity contribution < 1.29 is 4.74 Å². The number of rotatable bonds is 7. The van der Waals surface area contributed by atoms with Gasteiger partial charge >= 0.3 is 0 Å². The Kier molecular flexibility index (Phi) is 6.26. The van der Waals surface area contributed by atoms with Crippen LogP contribution in [0.5, 0.6) is 0 Å². The van der Waals surface area contributed by atoms with Crippen molar-refractivity contribution in [1.82, 2.24) is 9.88 Å². The number of nitrogens with one attached hydrogen (secondary N) is 1. The van der Waals surface area contributed by atoms with Crippen LogP contribution >= 0.6 is 11.6 Å². The summed E-state index contributed by atoms with van der Waals surface area (Å²) in [5.74, 6) is 0.868. The maximum Gasteiger partial charge on any atom is 0.126 e. The van der Waals surface area contributed by atoms with Gasteiger partial charge in [0.2, 0.25) is 0 Å². The molecule has 1 heterocycles. The van der Waals surface area contributed by atoms with Crippen molar-refractivity contribution in [3.63, 3.8) is 0 Å². The summed E-state index contributed by atoms with van der Waals surface area (Å²) in [6.07, 6.45) is 0. The van der Waals surface area contributed by atoms with Crippen molar-refractivity contribution in [2.75, 3.05) is 39.2 Å². The van der Waals surface area contributed by atoms with Crippen LogP contribution in [0.1, 0.15) is 12.6 Å². The second-order valence-corrected chi connectivity index (χ2v) is 4.29. The fourth-order valence-electron chi connectivity index (χ4n) is 1.46. The maximum absolute atomic E-state index is 6.13. The molecule has 1 N–H and O–H groups in total. The number of anilines is 1. The molecule has 0 radical (unpaired) electrons. The van der Waals surface area contributed by atoms with Crippen molar-refractivity contribution in [2.24, 2.45) is 0 Å². The second-order valence-electron chi connectivity index (χ2n) is 3.89. The summed E-state index contributed by atoms with van der Waals surface area (Å²) >= 11 is 6.13. The number of hydrogen-bond acceptors (Lipinski definition) is 4. The predicted octanol–water partition coefficient (Wildman–Crippen LogP) is 2.25. The van der Waals surface area contributed by atoms with Crippen molar-refractivity contribution in [1.29, 1.82) is 0 Å². The first-order valence-electron chi connectivity index (χ1n) is 5.74. The number of methoxy groups -OCH3 is 1. The minimum absolute atomic E-state index is 0.705. The van der Waals surface area contributed by atoms with Crippen LogP contribution in [-0.4, -0.2) is 43.7 Å². The highest BCUT2D eigenvalue weighted by atomic mass is 35.5. The first-order valence-corrected chi connectivity index (χ1v) is 6.12. The molecule has 0 saturated carbocycles. The van der Waals surface area contributed by atoms with Crippen molar-refractivity contribution >= 4 is 17.4 Å². The molecule has 0 aromatic carbocycles. The highest BCUT2D eigenvalue weighted by Crippen LogP contribution is 2.17. The van der Waals surface area contributed by atoms with E-state index >= 15 is 0 Å². The molecule has 96 valence electrons. The van der Waals surface area contributed by atoms with Crippen LogP contribution < -0.4 is 5.32 Å². The van der Waals surface area contributed by atoms with Gasteiger partial charge < -0.3 is 10.1 Å². The summed E-state index contributed by atoms with van der Waals surface area (Å²) in [6, 6.07) is 3.77. The number of pyridine rings is 1. The van der Waals surface area contributed by atoms with E-state index in [1.807, 2.05) is 26.1 Å². The molecule has 1 aromatic rings. The van der Waals surface area contributed by atoms with E-state index in [4.69, 9.17) is 16.3 Å². The molecule has 17 heavy (non-hydrogen) atoms. The lowest BCUT2D eigenvalue weighted by atomic mass is 10.3. The Morgan fingerprint density at radius 1 is 1.47 bits per heavy atom. The van der Waals surface area contributed by atoms with E-state index in [2.05, 4.69) is 15.2 Å². The van der Waals surface area contributed by atoms with Crippen molar-refractivity contribution in [2.45, 2.75) is 13.5 Å². The van der Waals surface area contributed by atoms with Gasteiger partial charge in [-0.25, -0.2) is 4.98 Å². The first-order chi connectivity index (χ1) is 8.17. The van der Waals surface area contributed by atoms with Gasteiger partial charge in [0, 0.05) is 26.7 Å². The summed E-state index contributed by atoms with van der Waals surface area (Å²) in [5.41, 5.74) is 0.892. The maximum atomic E-state index is 6.13. The topological polar surface area (TPSA) is 37.4 Å². The van der Waals surface area contributed by atoms with Crippen LogP contribution in [0.25, 0.3) is 0 Å². The van der Waals surface area contributed by atoms with Crippen LogP contribution in [0.2, 0.25) is 5.02 Å². The number of aromatic nitrogens is 1. The normalized spacial score (nSPS) is 10.9. The standard InChI is InChI=1S/C12H20ClN3O/c1-4-14-12-6-5-10(13)11(15-12)9-16(2)7-8-17-3/h5-6H,4,7-9H2,1-3H3,(H,14,15). The third kappa shape index (κ3) is 4.89. The van der Waals surface area contributed by atoms with E-state index in [1.54, 1.807) is 7.11 Å². The van der Waals surface area contributed by atoms with E-state index in [0.717, 1.165) is 31.1 Å². The van der Waals surface area contributed by atoms with E-state index in [0.29, 0.717) is 11.6 Å². The lowest BCUT2D eigenvalue weighted by Crippen LogP contribution is -2.23. The third-order valence-corrected chi connectivity index (χ3v) is 2.72. The lowest BCUT2D eigenvalue weighted by Gasteiger charge is -2.16. The van der Waals surface area contributed by atoms with Gasteiger partial charge in [0.25, 0.3) is 0 Å². The molecule has 1 aromatic heterocycles. The molecular formula is C12H20ClN3O. The molecule has 0 unspecified atom stereocenters. The number of likely N-dealkylation sites (N-methyl/N-ethyl adjacent to an activating group) is 1. The Balaban J connectivity index is 2.64. The molecule has 5 heteroatoms. The SMILES string of the molecule is CCNc1ccc(Cl)c(CN(C)CCOC)n1. The van der Waals surface area contributed by atoms with Gasteiger partial charge in [-0.1, -0.05) is 11.6 Å². The van der Waals surface area contributed by atoms with E-state index in [9.17, 15) is 0 Å². The summed E-state index contributed by atoms with van der Waals surface area (Å²) in [7, 11) is 3.72. The van der Waals surface area contributed by atoms with Gasteiger partial charge in [-0.15, -0.1) is 0 Å². The van der Waals surface area contributed by atoms with Gasteiger partial charge in [0.05, 0.1) is 17.3 Å². The lowest BCUT2D eigenvalue weighted by molar-refractivity contribution is 0.158. The zero-order valence-corrected chi connectivity index (χ0v) is 11.4. The second kappa shape index (κ2) is 7.48. The number of hydrogen-bond donors (Lipinski definition) is 1. The molecule has 1 rings (SSSR count). The molecule has 0 atom stereocenters. The molecule has 0 aliphatic rings. The van der Waals surface area contributed by atoms with Crippen molar-refractivity contribution in [3.05, 3.63) is 22.8 Å². The van der Waals surface area contributed by atoms with Crippen LogP contribution in [0.4, 0.5) is 5.82 Å². The highest BCUT2D eigenvalue weighted by molar-refractivity contribution is 6.31. The quantitative estimate of drug-likeness (QED) is 0.813. The summed E-state index contributed by atoms with van der Waals surface area (Å²) in [4.78, 5) is 6.62. The largest absolute Gasteiger partial charge is 0.383 e. The Morgan fingerprint density at radius 3 is 2.88 bits per heavy atom. The van der Waals surface area contributed by atoms with E-state index in [1.165, 1.54) is 0 Å². The smallest absolute Gasteiger partial charge is 0.126 e. The number of ether oxygens (including phenoxy) is 1. The molecule has 0 amide bonds. The molecule has 0 saturated heterocycles. The average molecular weight is 258 g/mol. The zero-order valence-electron chi connectivity index (χ0n) is 10.7. The Bertz CT molecular complexity index is 347. The van der Waals surface area contributed by atoms with Crippen LogP contribution in [0, 0.1) is 0 Å². The molecule has 4 nitrogen and oxygen atoms in total. The van der Waals surface area contributed by atoms with Crippen LogP contribution in [-0.2, 0) is 11.3 Å². The molecule has 0 bridgehead atoms. The fourth-order valence-corrected chi connectivity index (χ4v) is 1.62. The Labute approximate surface area is 108 Å². The third-order valence-electron chi connectivity index (χ3n) is 2.37. The zero-order chi connectivity index (χ0) is 12.7. The van der Waals surface area contributed by atoms with Crippen molar-refractivity contribution in [3.8, 4) is 0 Å². The molecule has 0 aliphatic heterocycles. The van der Waals surface area contributed by atoms with Gasteiger partial charge in [-0.05, 0) is 26.1 Å². The van der Waals surface area contributed by atoms with Crippen LogP contribution in [0.3, 0.4) is 0 Å². The fraction of sp³-hybridized carbons (Fsp3) is 0.583. The molecule has 0 aliphatic carbocycles. The monoisotopic (exact) mass is 257 g/mol. The van der Waals surface area contributed by atoms with Gasteiger partial charge in [0.15, 0.2) is 0 Å². The first kappa shape index (κ1) is 14.2. The molecule has 0 spiro atoms. The van der Waals surface area contributed by atoms with E-state index in [-0.39, 0.29) is 0 Å². The van der Waals surface area contributed by atoms with Crippen LogP contribution in [0.15, 0.2) is 12.1 Å². The van der Waals surface area contributed by atoms with E-state index < -0.39 is 0 Å². The van der Waals surface area contributed by atoms with Gasteiger partial charge in [-0.3, -0.25) is 4.90 Å². The Hall–Kier alpha value is -0.840. The minimum Gasteiger partial charge on any atom is -0.383 e. The molecule has 0 fully saturated rings. The number of nitrogens with zero attached hydrogens (tertiary/aromatic N) is 2. The minimum atomic E-state index is 0.705. The summed E-state index contributed by atoms with van der Waals surface area (Å²) in [6.45, 7) is 5.19. The Morgan fingerprint density at radius 2 is 2.24 bits per heavy atom. The summed E-state index contributed by atoms with van der Waals surface area (Å²) in [5, 5.41) is 3.88. The average Bonchev–Trinajstić information content (AvgIpc) is 2.31. The summed E-state index contributed by atoms with van der Waals surface area (Å²) < 4.78 is 5.04. The number of halogens is 1. The molecular weight excluding hydrogens is 238 g/mol. The van der Waals surface area contributed by atoms with Gasteiger partial charge in [-0.2, -0.15) is 0 Å².